The summed E-state index contributed by atoms with van der Waals surface area (Å²) < 4.78 is 19.1. The first-order valence-electron chi connectivity index (χ1n) is 17.2. The average Bonchev–Trinajstić information content (AvgIpc) is 3.49. The molecular formula is C36H59NO7. The van der Waals surface area contributed by atoms with Crippen molar-refractivity contribution in [1.82, 2.24) is 5.32 Å². The summed E-state index contributed by atoms with van der Waals surface area (Å²) in [4.78, 5) is 37.2. The van der Waals surface area contributed by atoms with E-state index in [4.69, 9.17) is 14.2 Å². The highest BCUT2D eigenvalue weighted by atomic mass is 16.6. The third-order valence-corrected chi connectivity index (χ3v) is 14.4. The fraction of sp³-hybridized carbons (Fsp3) is 0.917. The number of fused-ring (bicyclic) bond motifs is 5. The maximum absolute atomic E-state index is 12.7. The lowest BCUT2D eigenvalue weighted by molar-refractivity contribution is -0.254. The van der Waals surface area contributed by atoms with Gasteiger partial charge in [-0.05, 0) is 113 Å². The first kappa shape index (κ1) is 33.7. The minimum Gasteiger partial charge on any atom is -0.462 e. The second-order valence-corrected chi connectivity index (χ2v) is 17.3. The topological polar surface area (TPSA) is 111 Å². The molecule has 250 valence electrons. The zero-order chi connectivity index (χ0) is 32.7. The zero-order valence-electron chi connectivity index (χ0n) is 29.0. The van der Waals surface area contributed by atoms with E-state index in [2.05, 4.69) is 46.9 Å². The van der Waals surface area contributed by atoms with Crippen molar-refractivity contribution in [2.75, 3.05) is 7.05 Å². The molecule has 5 aliphatic rings. The van der Waals surface area contributed by atoms with Crippen molar-refractivity contribution in [1.29, 1.82) is 0 Å². The molecular weight excluding hydrogens is 558 g/mol. The summed E-state index contributed by atoms with van der Waals surface area (Å²) >= 11 is 0. The van der Waals surface area contributed by atoms with E-state index < -0.39 is 11.6 Å². The van der Waals surface area contributed by atoms with Gasteiger partial charge >= 0.3 is 11.9 Å². The Bertz CT molecular complexity index is 1160. The van der Waals surface area contributed by atoms with Crippen LogP contribution in [0.4, 0.5) is 0 Å². The lowest BCUT2D eigenvalue weighted by atomic mass is 9.35. The number of hydrogen-bond acceptors (Lipinski definition) is 7. The Labute approximate surface area is 265 Å². The van der Waals surface area contributed by atoms with Crippen LogP contribution in [0.25, 0.3) is 0 Å². The van der Waals surface area contributed by atoms with Crippen LogP contribution in [-0.4, -0.2) is 59.5 Å². The molecule has 1 saturated heterocycles. The highest BCUT2D eigenvalue weighted by Gasteiger charge is 2.72. The van der Waals surface area contributed by atoms with Crippen LogP contribution in [0.15, 0.2) is 0 Å². The molecule has 44 heavy (non-hydrogen) atoms. The van der Waals surface area contributed by atoms with E-state index >= 15 is 0 Å². The second kappa shape index (κ2) is 11.0. The van der Waals surface area contributed by atoms with Crippen molar-refractivity contribution in [3.8, 4) is 0 Å². The number of carbonyl (C=O) groups excluding carboxylic acids is 3. The number of hydrogen-bond donors (Lipinski definition) is 2. The summed E-state index contributed by atoms with van der Waals surface area (Å²) in [6, 6.07) is 0. The smallest absolute Gasteiger partial charge is 0.315 e. The largest absolute Gasteiger partial charge is 0.462 e. The van der Waals surface area contributed by atoms with Gasteiger partial charge in [-0.25, -0.2) is 0 Å². The number of amides is 1. The van der Waals surface area contributed by atoms with E-state index in [1.165, 1.54) is 7.05 Å². The first-order chi connectivity index (χ1) is 20.2. The van der Waals surface area contributed by atoms with Crippen LogP contribution >= 0.6 is 0 Å². The fourth-order valence-electron chi connectivity index (χ4n) is 12.0. The summed E-state index contributed by atoms with van der Waals surface area (Å²) in [5.41, 5.74) is -1.50. The maximum atomic E-state index is 12.7. The molecule has 4 saturated carbocycles. The number of carbonyl (C=O) groups is 3. The fourth-order valence-corrected chi connectivity index (χ4v) is 12.0. The van der Waals surface area contributed by atoms with Gasteiger partial charge in [0.25, 0.3) is 0 Å². The monoisotopic (exact) mass is 617 g/mol. The van der Waals surface area contributed by atoms with Crippen LogP contribution < -0.4 is 5.32 Å². The molecule has 1 heterocycles. The average molecular weight is 618 g/mol. The molecule has 11 atom stereocenters. The molecule has 0 radical (unpaired) electrons. The number of nitrogens with one attached hydrogen (secondary N) is 1. The van der Waals surface area contributed by atoms with Gasteiger partial charge < -0.3 is 24.6 Å². The Morgan fingerprint density at radius 3 is 2.14 bits per heavy atom. The van der Waals surface area contributed by atoms with Gasteiger partial charge in [-0.2, -0.15) is 0 Å². The van der Waals surface area contributed by atoms with E-state index in [9.17, 15) is 19.5 Å². The van der Waals surface area contributed by atoms with Gasteiger partial charge in [0.05, 0.1) is 17.3 Å². The van der Waals surface area contributed by atoms with Crippen LogP contribution in [0.3, 0.4) is 0 Å². The number of ether oxygens (including phenoxy) is 3. The normalized spacial score (nSPS) is 46.3. The summed E-state index contributed by atoms with van der Waals surface area (Å²) in [5, 5.41) is 13.3. The minimum atomic E-state index is -0.895. The lowest BCUT2D eigenvalue weighted by Crippen LogP contribution is -2.67. The van der Waals surface area contributed by atoms with Crippen LogP contribution in [0, 0.1) is 45.3 Å². The number of rotatable bonds is 6. The van der Waals surface area contributed by atoms with E-state index in [-0.39, 0.29) is 75.7 Å². The van der Waals surface area contributed by atoms with Crippen LogP contribution in [0.1, 0.15) is 127 Å². The predicted octanol–water partition coefficient (Wildman–Crippen LogP) is 5.97. The van der Waals surface area contributed by atoms with Crippen LogP contribution in [-0.2, 0) is 28.6 Å². The molecule has 8 nitrogen and oxygen atoms in total. The van der Waals surface area contributed by atoms with Gasteiger partial charge in [0.15, 0.2) is 0 Å². The van der Waals surface area contributed by atoms with Crippen molar-refractivity contribution >= 4 is 17.8 Å². The Kier molecular flexibility index (Phi) is 8.39. The molecule has 4 aliphatic carbocycles. The molecule has 5 fully saturated rings. The molecule has 8 heteroatoms. The van der Waals surface area contributed by atoms with Gasteiger partial charge in [0.2, 0.25) is 5.91 Å². The molecule has 1 amide bonds. The Morgan fingerprint density at radius 2 is 1.55 bits per heavy atom. The molecule has 5 rings (SSSR count). The maximum Gasteiger partial charge on any atom is 0.315 e. The molecule has 0 aromatic heterocycles. The number of esters is 2. The minimum absolute atomic E-state index is 0.00949. The summed E-state index contributed by atoms with van der Waals surface area (Å²) in [5.74, 6) is 0.113. The van der Waals surface area contributed by atoms with Gasteiger partial charge in [0, 0.05) is 25.3 Å². The van der Waals surface area contributed by atoms with Gasteiger partial charge in [-0.1, -0.05) is 34.6 Å². The van der Waals surface area contributed by atoms with E-state index in [0.717, 1.165) is 57.8 Å². The first-order valence-corrected chi connectivity index (χ1v) is 17.2. The van der Waals surface area contributed by atoms with Gasteiger partial charge in [-0.15, -0.1) is 0 Å². The summed E-state index contributed by atoms with van der Waals surface area (Å²) in [6.45, 7) is 19.4. The van der Waals surface area contributed by atoms with Crippen molar-refractivity contribution in [3.05, 3.63) is 0 Å². The SMILES string of the molecule is CNC(=O)CC(=O)O[C@@H]1CC[C@]2(C)[C@H]3C[C@@H](OC(C)=O)[C@@H]4[C@@H]([C@]5(C)CC[C@H](C(C)(C)O)O5)CC[C@@]4(C)[C@]3(C)CC[C@H]2C1(C)C. The molecule has 2 N–H and O–H groups in total. The lowest BCUT2D eigenvalue weighted by Gasteiger charge is -2.70. The Hall–Kier alpha value is -1.67. The quantitative estimate of drug-likeness (QED) is 0.279. The third kappa shape index (κ3) is 5.12. The Balaban J connectivity index is 1.46. The van der Waals surface area contributed by atoms with Crippen molar-refractivity contribution < 1.29 is 33.7 Å². The highest BCUT2D eigenvalue weighted by molar-refractivity contribution is 5.94. The van der Waals surface area contributed by atoms with E-state index in [0.29, 0.717) is 11.8 Å². The molecule has 0 spiro atoms. The third-order valence-electron chi connectivity index (χ3n) is 14.4. The van der Waals surface area contributed by atoms with Crippen molar-refractivity contribution in [3.63, 3.8) is 0 Å². The molecule has 0 bridgehead atoms. The summed E-state index contributed by atoms with van der Waals surface area (Å²) in [7, 11) is 1.53. The van der Waals surface area contributed by atoms with Crippen molar-refractivity contribution in [2.24, 2.45) is 45.3 Å². The van der Waals surface area contributed by atoms with Gasteiger partial charge in [-0.3, -0.25) is 14.4 Å². The van der Waals surface area contributed by atoms with Crippen molar-refractivity contribution in [2.45, 2.75) is 156 Å². The molecule has 1 aliphatic heterocycles. The standard InChI is InChI=1S/C36H59NO7/c1-21(38)42-23-19-25-33(6)15-13-26(43-29(40)20-28(39)37-10)31(2,3)24(33)12-17-34(25,7)35(8)16-11-22(30(23)35)36(9)18-14-27(44-36)32(4,5)41/h22-27,30,41H,11-20H2,1-10H3,(H,37,39)/t22-,23+,24-,25+,26+,27+,30-,33-,34+,35+,36-/m0/s1. The molecule has 0 unspecified atom stereocenters. The molecule has 0 aromatic carbocycles. The van der Waals surface area contributed by atoms with E-state index in [1.807, 2.05) is 13.8 Å². The molecule has 0 aromatic rings. The zero-order valence-corrected chi connectivity index (χ0v) is 29.0. The van der Waals surface area contributed by atoms with Crippen LogP contribution in [0.5, 0.6) is 0 Å². The van der Waals surface area contributed by atoms with E-state index in [1.54, 1.807) is 6.92 Å². The number of aliphatic hydroxyl groups is 1. The summed E-state index contributed by atoms with van der Waals surface area (Å²) in [6.07, 6.45) is 7.63. The Morgan fingerprint density at radius 1 is 0.886 bits per heavy atom. The van der Waals surface area contributed by atoms with Crippen LogP contribution in [0.2, 0.25) is 0 Å². The van der Waals surface area contributed by atoms with Gasteiger partial charge in [0.1, 0.15) is 18.6 Å². The second-order valence-electron chi connectivity index (χ2n) is 17.3. The predicted molar refractivity (Wildman–Crippen MR) is 167 cm³/mol. The highest BCUT2D eigenvalue weighted by Crippen LogP contribution is 2.76.